The molecular formula is C22H24N4O2. The third-order valence-electron chi connectivity index (χ3n) is 5.23. The molecule has 28 heavy (non-hydrogen) atoms. The molecule has 6 nitrogen and oxygen atoms in total. The van der Waals surface area contributed by atoms with Gasteiger partial charge >= 0.3 is 0 Å². The molecule has 1 aliphatic heterocycles. The molecule has 4 rings (SSSR count). The summed E-state index contributed by atoms with van der Waals surface area (Å²) in [6.45, 7) is 1.53. The maximum absolute atomic E-state index is 12.8. The third kappa shape index (κ3) is 4.06. The van der Waals surface area contributed by atoms with Crippen LogP contribution < -0.4 is 4.74 Å². The van der Waals surface area contributed by atoms with E-state index in [1.807, 2.05) is 52.1 Å². The van der Waals surface area contributed by atoms with E-state index >= 15 is 0 Å². The van der Waals surface area contributed by atoms with Crippen LogP contribution in [-0.2, 0) is 11.2 Å². The number of amides is 1. The predicted molar refractivity (Wildman–Crippen MR) is 107 cm³/mol. The molecule has 3 heterocycles. The molecule has 0 aliphatic carbocycles. The highest BCUT2D eigenvalue weighted by Gasteiger charge is 2.25. The predicted octanol–water partition coefficient (Wildman–Crippen LogP) is 3.22. The Morgan fingerprint density at radius 2 is 2.07 bits per heavy atom. The molecule has 1 saturated heterocycles. The van der Waals surface area contributed by atoms with Gasteiger partial charge in [0.2, 0.25) is 5.91 Å². The van der Waals surface area contributed by atoms with E-state index in [9.17, 15) is 4.79 Å². The van der Waals surface area contributed by atoms with Crippen molar-refractivity contribution in [2.45, 2.75) is 25.2 Å². The van der Waals surface area contributed by atoms with Gasteiger partial charge in [0, 0.05) is 37.1 Å². The van der Waals surface area contributed by atoms with Crippen LogP contribution in [0.25, 0.3) is 5.82 Å². The summed E-state index contributed by atoms with van der Waals surface area (Å²) in [5.41, 5.74) is 2.04. The van der Waals surface area contributed by atoms with Crippen molar-refractivity contribution in [1.82, 2.24) is 19.4 Å². The smallest absolute Gasteiger partial charge is 0.227 e. The lowest BCUT2D eigenvalue weighted by Gasteiger charge is -2.32. The van der Waals surface area contributed by atoms with Crippen LogP contribution in [0.15, 0.2) is 61.2 Å². The number of carbonyl (C=O) groups excluding carboxylic acids is 1. The standard InChI is InChI=1S/C22H24N4O2/c1-28-19-9-7-17(8-10-19)14-22(27)25-12-3-4-18(15-25)20-5-2-6-21(24-20)26-13-11-23-16-26/h2,5-11,13,16,18H,3-4,12,14-15H2,1H3/t18-/m1/s1. The minimum Gasteiger partial charge on any atom is -0.497 e. The maximum atomic E-state index is 12.8. The van der Waals surface area contributed by atoms with Gasteiger partial charge in [-0.3, -0.25) is 9.36 Å². The van der Waals surface area contributed by atoms with E-state index in [4.69, 9.17) is 9.72 Å². The monoisotopic (exact) mass is 376 g/mol. The number of imidazole rings is 1. The Bertz CT molecular complexity index is 922. The van der Waals surface area contributed by atoms with Gasteiger partial charge in [-0.25, -0.2) is 9.97 Å². The van der Waals surface area contributed by atoms with E-state index in [0.29, 0.717) is 6.42 Å². The topological polar surface area (TPSA) is 60.2 Å². The van der Waals surface area contributed by atoms with Crippen LogP contribution in [0.1, 0.15) is 30.0 Å². The molecule has 0 saturated carbocycles. The summed E-state index contributed by atoms with van der Waals surface area (Å²) >= 11 is 0. The molecule has 1 atom stereocenters. The third-order valence-corrected chi connectivity index (χ3v) is 5.23. The first-order valence-electron chi connectivity index (χ1n) is 9.59. The molecule has 1 aliphatic rings. The number of ether oxygens (including phenoxy) is 1. The van der Waals surface area contributed by atoms with Crippen molar-refractivity contribution in [3.63, 3.8) is 0 Å². The van der Waals surface area contributed by atoms with Gasteiger partial charge in [-0.2, -0.15) is 0 Å². The summed E-state index contributed by atoms with van der Waals surface area (Å²) in [4.78, 5) is 23.7. The van der Waals surface area contributed by atoms with Crippen LogP contribution in [-0.4, -0.2) is 45.5 Å². The number of piperidine rings is 1. The fourth-order valence-corrected chi connectivity index (χ4v) is 3.68. The quantitative estimate of drug-likeness (QED) is 0.686. The van der Waals surface area contributed by atoms with Gasteiger partial charge in [0.05, 0.1) is 13.5 Å². The van der Waals surface area contributed by atoms with Crippen molar-refractivity contribution in [1.29, 1.82) is 0 Å². The van der Waals surface area contributed by atoms with Gasteiger partial charge in [0.1, 0.15) is 17.9 Å². The lowest BCUT2D eigenvalue weighted by atomic mass is 9.93. The van der Waals surface area contributed by atoms with Crippen molar-refractivity contribution >= 4 is 5.91 Å². The van der Waals surface area contributed by atoms with Crippen molar-refractivity contribution < 1.29 is 9.53 Å². The van der Waals surface area contributed by atoms with E-state index < -0.39 is 0 Å². The van der Waals surface area contributed by atoms with E-state index in [1.54, 1.807) is 19.6 Å². The van der Waals surface area contributed by atoms with E-state index in [-0.39, 0.29) is 11.8 Å². The minimum absolute atomic E-state index is 0.167. The first kappa shape index (κ1) is 18.2. The zero-order valence-electron chi connectivity index (χ0n) is 16.0. The maximum Gasteiger partial charge on any atom is 0.227 e. The molecule has 1 aromatic carbocycles. The molecule has 2 aromatic heterocycles. The largest absolute Gasteiger partial charge is 0.497 e. The first-order chi connectivity index (χ1) is 13.7. The molecule has 144 valence electrons. The Balaban J connectivity index is 1.44. The lowest BCUT2D eigenvalue weighted by Crippen LogP contribution is -2.40. The SMILES string of the molecule is COc1ccc(CC(=O)N2CCC[C@@H](c3cccc(-n4ccnc4)n3)C2)cc1. The molecule has 0 unspecified atom stereocenters. The van der Waals surface area contributed by atoms with Crippen molar-refractivity contribution in [2.75, 3.05) is 20.2 Å². The summed E-state index contributed by atoms with van der Waals surface area (Å²) < 4.78 is 7.08. The summed E-state index contributed by atoms with van der Waals surface area (Å²) in [5.74, 6) is 2.09. The van der Waals surface area contributed by atoms with Crippen molar-refractivity contribution in [3.8, 4) is 11.6 Å². The Kier molecular flexibility index (Phi) is 5.37. The number of hydrogen-bond donors (Lipinski definition) is 0. The molecule has 0 N–H and O–H groups in total. The van der Waals surface area contributed by atoms with Crippen molar-refractivity contribution in [2.24, 2.45) is 0 Å². The molecule has 1 amide bonds. The Morgan fingerprint density at radius 1 is 1.21 bits per heavy atom. The molecule has 1 fully saturated rings. The minimum atomic E-state index is 0.167. The normalized spacial score (nSPS) is 16.8. The average Bonchev–Trinajstić information content (AvgIpc) is 3.29. The Labute approximate surface area is 164 Å². The number of aromatic nitrogens is 3. The molecule has 0 bridgehead atoms. The zero-order valence-corrected chi connectivity index (χ0v) is 16.0. The number of likely N-dealkylation sites (tertiary alicyclic amines) is 1. The second-order valence-corrected chi connectivity index (χ2v) is 7.09. The van der Waals surface area contributed by atoms with E-state index in [1.165, 1.54) is 0 Å². The summed E-state index contributed by atoms with van der Waals surface area (Å²) in [6.07, 6.45) is 7.84. The fourth-order valence-electron chi connectivity index (χ4n) is 3.68. The molecular weight excluding hydrogens is 352 g/mol. The number of benzene rings is 1. The number of rotatable bonds is 5. The number of carbonyl (C=O) groups is 1. The van der Waals surface area contributed by atoms with E-state index in [0.717, 1.165) is 48.8 Å². The van der Waals surface area contributed by atoms with Gasteiger partial charge in [-0.05, 0) is 42.7 Å². The van der Waals surface area contributed by atoms with Gasteiger partial charge < -0.3 is 9.64 Å². The number of nitrogens with zero attached hydrogens (tertiary/aromatic N) is 4. The molecule has 0 spiro atoms. The highest BCUT2D eigenvalue weighted by molar-refractivity contribution is 5.79. The van der Waals surface area contributed by atoms with Crippen LogP contribution in [0.4, 0.5) is 0 Å². The van der Waals surface area contributed by atoms with Gasteiger partial charge in [0.15, 0.2) is 0 Å². The zero-order chi connectivity index (χ0) is 19.3. The molecule has 3 aromatic rings. The Morgan fingerprint density at radius 3 is 2.82 bits per heavy atom. The fraction of sp³-hybridized carbons (Fsp3) is 0.318. The summed E-state index contributed by atoms with van der Waals surface area (Å²) in [6, 6.07) is 13.8. The molecule has 0 radical (unpaired) electrons. The van der Waals surface area contributed by atoms with E-state index in [2.05, 4.69) is 11.1 Å². The second-order valence-electron chi connectivity index (χ2n) is 7.09. The Hall–Kier alpha value is -3.15. The highest BCUT2D eigenvalue weighted by Crippen LogP contribution is 2.27. The van der Waals surface area contributed by atoms with Gasteiger partial charge in [-0.15, -0.1) is 0 Å². The number of hydrogen-bond acceptors (Lipinski definition) is 4. The summed E-state index contributed by atoms with van der Waals surface area (Å²) in [5, 5.41) is 0. The number of methoxy groups -OCH3 is 1. The van der Waals surface area contributed by atoms with Crippen LogP contribution >= 0.6 is 0 Å². The van der Waals surface area contributed by atoms with Crippen molar-refractivity contribution in [3.05, 3.63) is 72.4 Å². The van der Waals surface area contributed by atoms with Crippen LogP contribution in [0.3, 0.4) is 0 Å². The summed E-state index contributed by atoms with van der Waals surface area (Å²) in [7, 11) is 1.64. The van der Waals surface area contributed by atoms with Gasteiger partial charge in [-0.1, -0.05) is 18.2 Å². The number of pyridine rings is 1. The van der Waals surface area contributed by atoms with Crippen LogP contribution in [0.5, 0.6) is 5.75 Å². The van der Waals surface area contributed by atoms with Crippen LogP contribution in [0, 0.1) is 0 Å². The second kappa shape index (κ2) is 8.25. The highest BCUT2D eigenvalue weighted by atomic mass is 16.5. The lowest BCUT2D eigenvalue weighted by molar-refractivity contribution is -0.131. The average molecular weight is 376 g/mol. The van der Waals surface area contributed by atoms with Crippen LogP contribution in [0.2, 0.25) is 0 Å². The molecule has 6 heteroatoms. The first-order valence-corrected chi connectivity index (χ1v) is 9.59. The van der Waals surface area contributed by atoms with Gasteiger partial charge in [0.25, 0.3) is 0 Å².